The van der Waals surface area contributed by atoms with Crippen molar-refractivity contribution in [2.45, 2.75) is 70.1 Å². The van der Waals surface area contributed by atoms with Crippen LogP contribution in [0.1, 0.15) is 56.0 Å². The Bertz CT molecular complexity index is 1170. The van der Waals surface area contributed by atoms with Gasteiger partial charge in [-0.2, -0.15) is 10.4 Å². The summed E-state index contributed by atoms with van der Waals surface area (Å²) in [5, 5.41) is 29.9. The number of aryl methyl sites for hydroxylation is 1. The van der Waals surface area contributed by atoms with E-state index in [2.05, 4.69) is 26.8 Å². The minimum Gasteiger partial charge on any atom is -0.375 e. The molecule has 2 bridgehead atoms. The van der Waals surface area contributed by atoms with Crippen molar-refractivity contribution in [1.82, 2.24) is 25.1 Å². The molecule has 4 heterocycles. The Labute approximate surface area is 198 Å². The molecule has 0 spiro atoms. The van der Waals surface area contributed by atoms with Gasteiger partial charge in [-0.3, -0.25) is 10.00 Å². The molecule has 5 rings (SSSR count). The van der Waals surface area contributed by atoms with Gasteiger partial charge in [-0.15, -0.1) is 0 Å². The average molecular weight is 460 g/mol. The Morgan fingerprint density at radius 1 is 1.18 bits per heavy atom. The highest BCUT2D eigenvalue weighted by atomic mass is 16.5. The summed E-state index contributed by atoms with van der Waals surface area (Å²) in [6.45, 7) is 3.67. The lowest BCUT2D eigenvalue weighted by atomic mass is 10.0. The van der Waals surface area contributed by atoms with E-state index in [1.165, 1.54) is 0 Å². The summed E-state index contributed by atoms with van der Waals surface area (Å²) in [5.41, 5.74) is 4.21. The molecule has 9 nitrogen and oxygen atoms in total. The van der Waals surface area contributed by atoms with Crippen molar-refractivity contribution in [3.63, 3.8) is 0 Å². The van der Waals surface area contributed by atoms with E-state index in [0.717, 1.165) is 48.2 Å². The molecule has 2 saturated heterocycles. The first-order valence-corrected chi connectivity index (χ1v) is 11.7. The minimum atomic E-state index is -0.908. The third-order valence-corrected chi connectivity index (χ3v) is 6.57. The second-order valence-electron chi connectivity index (χ2n) is 9.18. The van der Waals surface area contributed by atoms with Crippen LogP contribution < -0.4 is 10.6 Å². The summed E-state index contributed by atoms with van der Waals surface area (Å²) >= 11 is 0. The van der Waals surface area contributed by atoms with Gasteiger partial charge < -0.3 is 15.2 Å². The first-order chi connectivity index (χ1) is 16.5. The molecule has 1 unspecified atom stereocenters. The van der Waals surface area contributed by atoms with Crippen molar-refractivity contribution < 1.29 is 9.84 Å². The van der Waals surface area contributed by atoms with E-state index in [4.69, 9.17) is 15.0 Å². The topological polar surface area (TPSA) is 121 Å². The summed E-state index contributed by atoms with van der Waals surface area (Å²) in [6, 6.07) is 9.46. The van der Waals surface area contributed by atoms with Gasteiger partial charge in [0.1, 0.15) is 6.23 Å². The van der Waals surface area contributed by atoms with Crippen LogP contribution in [0.5, 0.6) is 0 Å². The van der Waals surface area contributed by atoms with E-state index in [1.807, 2.05) is 48.3 Å². The first-order valence-electron chi connectivity index (χ1n) is 11.7. The minimum absolute atomic E-state index is 0.366. The molecular formula is C25H29N7O2. The molecule has 2 aliphatic heterocycles. The fraction of sp³-hybridized carbons (Fsp3) is 0.440. The summed E-state index contributed by atoms with van der Waals surface area (Å²) in [4.78, 5) is 9.17. The standard InChI is InChI=1S/C25H29N7O2/c1-15-12-27-25(30-19-13-28-32(14-19)20-9-21-7-8-22(10-20)34-21)31-23(15)17-3-5-18(6-4-17)24(33)29-16(2)11-26/h3-6,12-14,16,20-22,24,29,33H,7-10H2,1-2H3,(H,27,30,31)/t16-,20-,21-,22+,24?/m0/s1. The predicted molar refractivity (Wildman–Crippen MR) is 127 cm³/mol. The van der Waals surface area contributed by atoms with E-state index in [-0.39, 0.29) is 0 Å². The summed E-state index contributed by atoms with van der Waals surface area (Å²) in [5.74, 6) is 0.501. The largest absolute Gasteiger partial charge is 0.375 e. The van der Waals surface area contributed by atoms with Crippen LogP contribution in [0.4, 0.5) is 11.6 Å². The van der Waals surface area contributed by atoms with Crippen LogP contribution in [0.15, 0.2) is 42.9 Å². The molecule has 176 valence electrons. The van der Waals surface area contributed by atoms with E-state index >= 15 is 0 Å². The number of hydrogen-bond donors (Lipinski definition) is 3. The molecule has 1 aromatic carbocycles. The predicted octanol–water partition coefficient (Wildman–Crippen LogP) is 3.77. The number of anilines is 2. The zero-order chi connectivity index (χ0) is 23.7. The number of aliphatic hydroxyl groups is 1. The second kappa shape index (κ2) is 9.50. The lowest BCUT2D eigenvalue weighted by Crippen LogP contribution is -2.28. The lowest BCUT2D eigenvalue weighted by molar-refractivity contribution is -0.0180. The van der Waals surface area contributed by atoms with E-state index < -0.39 is 12.3 Å². The van der Waals surface area contributed by atoms with Gasteiger partial charge in [0, 0.05) is 18.0 Å². The highest BCUT2D eigenvalue weighted by molar-refractivity contribution is 5.65. The van der Waals surface area contributed by atoms with Gasteiger partial charge in [-0.1, -0.05) is 24.3 Å². The number of nitriles is 1. The van der Waals surface area contributed by atoms with Crippen LogP contribution in [0, 0.1) is 18.3 Å². The summed E-state index contributed by atoms with van der Waals surface area (Å²) < 4.78 is 7.99. The average Bonchev–Trinajstić information content (AvgIpc) is 3.45. The maximum Gasteiger partial charge on any atom is 0.227 e. The van der Waals surface area contributed by atoms with Gasteiger partial charge in [-0.05, 0) is 50.7 Å². The van der Waals surface area contributed by atoms with Gasteiger partial charge in [0.2, 0.25) is 5.95 Å². The van der Waals surface area contributed by atoms with Gasteiger partial charge in [0.15, 0.2) is 0 Å². The number of benzene rings is 1. The molecule has 3 N–H and O–H groups in total. The van der Waals surface area contributed by atoms with Crippen LogP contribution in [0.25, 0.3) is 11.3 Å². The first kappa shape index (κ1) is 22.5. The zero-order valence-corrected chi connectivity index (χ0v) is 19.3. The normalized spacial score (nSPS) is 23.3. The Morgan fingerprint density at radius 2 is 1.91 bits per heavy atom. The van der Waals surface area contributed by atoms with Gasteiger partial charge in [0.25, 0.3) is 0 Å². The molecular weight excluding hydrogens is 430 g/mol. The van der Waals surface area contributed by atoms with E-state index in [9.17, 15) is 5.11 Å². The molecule has 34 heavy (non-hydrogen) atoms. The fourth-order valence-corrected chi connectivity index (χ4v) is 4.77. The molecule has 0 amide bonds. The number of aliphatic hydroxyl groups excluding tert-OH is 1. The number of ether oxygens (including phenoxy) is 1. The van der Waals surface area contributed by atoms with Crippen LogP contribution in [-0.4, -0.2) is 43.1 Å². The number of hydrogen-bond acceptors (Lipinski definition) is 8. The van der Waals surface area contributed by atoms with Crippen LogP contribution in [0.2, 0.25) is 0 Å². The molecule has 5 atom stereocenters. The molecule has 3 aromatic rings. The van der Waals surface area contributed by atoms with Gasteiger partial charge >= 0.3 is 0 Å². The molecule has 0 saturated carbocycles. The number of nitrogens with zero attached hydrogens (tertiary/aromatic N) is 5. The van der Waals surface area contributed by atoms with Crippen molar-refractivity contribution >= 4 is 11.6 Å². The van der Waals surface area contributed by atoms with Crippen molar-refractivity contribution in [3.8, 4) is 17.3 Å². The number of aromatic nitrogens is 4. The second-order valence-corrected chi connectivity index (χ2v) is 9.18. The maximum absolute atomic E-state index is 10.3. The Hall–Kier alpha value is -3.32. The molecule has 0 radical (unpaired) electrons. The molecule has 2 aromatic heterocycles. The van der Waals surface area contributed by atoms with Crippen LogP contribution >= 0.6 is 0 Å². The molecule has 9 heteroatoms. The third kappa shape index (κ3) is 4.80. The summed E-state index contributed by atoms with van der Waals surface area (Å²) in [7, 11) is 0. The SMILES string of the molecule is Cc1cnc(Nc2cnn([C@@H]3C[C@H]4CC[C@@H](C3)O4)c2)nc1-c1ccc(C(O)N[C@@H](C)C#N)cc1. The highest BCUT2D eigenvalue weighted by Crippen LogP contribution is 2.38. The Balaban J connectivity index is 1.29. The summed E-state index contributed by atoms with van der Waals surface area (Å²) in [6.07, 6.45) is 9.79. The Kier molecular flexibility index (Phi) is 6.28. The molecule has 2 fully saturated rings. The molecule has 2 aliphatic rings. The van der Waals surface area contributed by atoms with Crippen molar-refractivity contribution in [1.29, 1.82) is 5.26 Å². The van der Waals surface area contributed by atoms with Crippen molar-refractivity contribution in [3.05, 3.63) is 54.0 Å². The molecule has 0 aliphatic carbocycles. The highest BCUT2D eigenvalue weighted by Gasteiger charge is 2.36. The van der Waals surface area contributed by atoms with Gasteiger partial charge in [0.05, 0.1) is 47.9 Å². The lowest BCUT2D eigenvalue weighted by Gasteiger charge is -2.28. The number of fused-ring (bicyclic) bond motifs is 2. The van der Waals surface area contributed by atoms with E-state index in [0.29, 0.717) is 29.8 Å². The quantitative estimate of drug-likeness (QED) is 0.457. The fourth-order valence-electron chi connectivity index (χ4n) is 4.77. The smallest absolute Gasteiger partial charge is 0.227 e. The van der Waals surface area contributed by atoms with Crippen LogP contribution in [0.3, 0.4) is 0 Å². The number of nitrogens with one attached hydrogen (secondary N) is 2. The maximum atomic E-state index is 10.3. The van der Waals surface area contributed by atoms with Crippen LogP contribution in [-0.2, 0) is 4.74 Å². The third-order valence-electron chi connectivity index (χ3n) is 6.57. The monoisotopic (exact) mass is 459 g/mol. The van der Waals surface area contributed by atoms with Crippen molar-refractivity contribution in [2.24, 2.45) is 0 Å². The number of rotatable bonds is 7. The van der Waals surface area contributed by atoms with Gasteiger partial charge in [-0.25, -0.2) is 9.97 Å². The Morgan fingerprint density at radius 3 is 2.62 bits per heavy atom. The van der Waals surface area contributed by atoms with E-state index in [1.54, 1.807) is 13.1 Å². The zero-order valence-electron chi connectivity index (χ0n) is 19.3. The van der Waals surface area contributed by atoms with Crippen molar-refractivity contribution in [2.75, 3.05) is 5.32 Å².